The van der Waals surface area contributed by atoms with Gasteiger partial charge in [0.1, 0.15) is 17.6 Å². The number of rotatable bonds is 6. The van der Waals surface area contributed by atoms with E-state index in [9.17, 15) is 14.9 Å². The molecule has 106 valence electrons. The molecule has 2 saturated carbocycles. The van der Waals surface area contributed by atoms with Crippen LogP contribution in [0, 0.1) is 21.4 Å². The first-order chi connectivity index (χ1) is 9.52. The molecule has 0 unspecified atom stereocenters. The number of nitro groups is 1. The molecular weight excluding hydrogens is 262 g/mol. The number of pyridine rings is 1. The summed E-state index contributed by atoms with van der Waals surface area (Å²) in [6.07, 6.45) is 5.95. The number of aromatic carboxylic acids is 1. The van der Waals surface area contributed by atoms with E-state index in [4.69, 9.17) is 5.11 Å². The normalized spacial score (nSPS) is 19.4. The third-order valence-corrected chi connectivity index (χ3v) is 4.27. The van der Waals surface area contributed by atoms with E-state index < -0.39 is 16.6 Å². The fourth-order valence-corrected chi connectivity index (χ4v) is 2.71. The van der Waals surface area contributed by atoms with Gasteiger partial charge in [0, 0.05) is 12.6 Å². The number of aromatic nitrogens is 1. The van der Waals surface area contributed by atoms with Gasteiger partial charge in [0.25, 0.3) is 0 Å². The van der Waals surface area contributed by atoms with Crippen LogP contribution >= 0.6 is 0 Å². The smallest absolute Gasteiger partial charge is 0.342 e. The molecule has 0 saturated heterocycles. The third-order valence-electron chi connectivity index (χ3n) is 4.27. The predicted molar refractivity (Wildman–Crippen MR) is 70.7 cm³/mol. The highest BCUT2D eigenvalue weighted by Crippen LogP contribution is 2.61. The molecular formula is C13H15N3O4. The molecule has 1 aromatic heterocycles. The van der Waals surface area contributed by atoms with Gasteiger partial charge in [-0.2, -0.15) is 0 Å². The van der Waals surface area contributed by atoms with Gasteiger partial charge in [-0.15, -0.1) is 0 Å². The van der Waals surface area contributed by atoms with Crippen molar-refractivity contribution >= 4 is 17.5 Å². The fraction of sp³-hybridized carbons (Fsp3) is 0.538. The number of carbonyl (C=O) groups is 1. The quantitative estimate of drug-likeness (QED) is 0.610. The van der Waals surface area contributed by atoms with E-state index in [-0.39, 0.29) is 5.56 Å². The van der Waals surface area contributed by atoms with Crippen LogP contribution in [0.5, 0.6) is 0 Å². The molecule has 2 N–H and O–H groups in total. The summed E-state index contributed by atoms with van der Waals surface area (Å²) in [5, 5.41) is 22.9. The van der Waals surface area contributed by atoms with Crippen molar-refractivity contribution in [2.45, 2.75) is 25.7 Å². The zero-order chi connectivity index (χ0) is 14.3. The Balaban J connectivity index is 1.75. The monoisotopic (exact) mass is 277 g/mol. The molecule has 2 aliphatic rings. The Hall–Kier alpha value is -2.18. The second kappa shape index (κ2) is 4.43. The molecule has 0 radical (unpaired) electrons. The average Bonchev–Trinajstić information content (AvgIpc) is 3.27. The van der Waals surface area contributed by atoms with Gasteiger partial charge in [-0.25, -0.2) is 9.78 Å². The second-order valence-electron chi connectivity index (χ2n) is 5.64. The first-order valence-electron chi connectivity index (χ1n) is 6.63. The molecule has 0 bridgehead atoms. The Bertz CT molecular complexity index is 579. The minimum absolute atomic E-state index is 0.330. The molecule has 0 amide bonds. The maximum absolute atomic E-state index is 11.1. The van der Waals surface area contributed by atoms with Gasteiger partial charge >= 0.3 is 11.7 Å². The number of nitrogens with one attached hydrogen (secondary N) is 1. The van der Waals surface area contributed by atoms with Gasteiger partial charge in [-0.1, -0.05) is 0 Å². The number of hydrogen-bond acceptors (Lipinski definition) is 5. The van der Waals surface area contributed by atoms with Gasteiger partial charge in [-0.05, 0) is 37.0 Å². The third kappa shape index (κ3) is 2.31. The summed E-state index contributed by atoms with van der Waals surface area (Å²) in [6, 6.07) is 1.24. The molecule has 0 spiro atoms. The van der Waals surface area contributed by atoms with E-state index in [0.717, 1.165) is 18.7 Å². The van der Waals surface area contributed by atoms with Crippen LogP contribution in [0.25, 0.3) is 0 Å². The van der Waals surface area contributed by atoms with Gasteiger partial charge in [0.2, 0.25) is 0 Å². The standard InChI is InChI=1S/C13H15N3O4/c17-12(18)9-5-11(14-6-10(9)16(19)20)15-7-13(3-4-13)8-1-2-8/h5-6,8H,1-4,7H2,(H,14,15)(H,17,18). The van der Waals surface area contributed by atoms with Gasteiger partial charge < -0.3 is 10.4 Å². The highest BCUT2D eigenvalue weighted by atomic mass is 16.6. The van der Waals surface area contributed by atoms with Crippen molar-refractivity contribution in [3.63, 3.8) is 0 Å². The molecule has 1 aromatic rings. The first-order valence-corrected chi connectivity index (χ1v) is 6.63. The SMILES string of the molecule is O=C(O)c1cc(NCC2(C3CC3)CC2)ncc1[N+](=O)[O-]. The lowest BCUT2D eigenvalue weighted by molar-refractivity contribution is -0.385. The molecule has 0 atom stereocenters. The molecule has 7 heteroatoms. The minimum atomic E-state index is -1.31. The highest BCUT2D eigenvalue weighted by Gasteiger charge is 2.53. The second-order valence-corrected chi connectivity index (χ2v) is 5.64. The Labute approximate surface area is 115 Å². The van der Waals surface area contributed by atoms with Crippen LogP contribution in [0.2, 0.25) is 0 Å². The maximum atomic E-state index is 11.1. The Kier molecular flexibility index (Phi) is 2.84. The lowest BCUT2D eigenvalue weighted by atomic mass is 10.0. The Morgan fingerprint density at radius 2 is 2.25 bits per heavy atom. The number of nitrogens with zero attached hydrogens (tertiary/aromatic N) is 2. The van der Waals surface area contributed by atoms with Crippen LogP contribution in [0.3, 0.4) is 0 Å². The molecule has 0 aliphatic heterocycles. The van der Waals surface area contributed by atoms with E-state index >= 15 is 0 Å². The molecule has 0 aromatic carbocycles. The van der Waals surface area contributed by atoms with Crippen molar-refractivity contribution < 1.29 is 14.8 Å². The predicted octanol–water partition coefficient (Wildman–Crippen LogP) is 2.29. The highest BCUT2D eigenvalue weighted by molar-refractivity contribution is 5.93. The van der Waals surface area contributed by atoms with Crippen molar-refractivity contribution in [3.8, 4) is 0 Å². The minimum Gasteiger partial charge on any atom is -0.477 e. The van der Waals surface area contributed by atoms with Gasteiger partial charge in [0.15, 0.2) is 0 Å². The van der Waals surface area contributed by atoms with E-state index in [1.165, 1.54) is 31.7 Å². The number of carboxylic acid groups (broad SMARTS) is 1. The number of anilines is 1. The first kappa shape index (κ1) is 12.8. The zero-order valence-corrected chi connectivity index (χ0v) is 10.8. The van der Waals surface area contributed by atoms with Crippen molar-refractivity contribution in [1.29, 1.82) is 0 Å². The van der Waals surface area contributed by atoms with Crippen LogP contribution in [0.4, 0.5) is 11.5 Å². The number of carboxylic acids is 1. The fourth-order valence-electron chi connectivity index (χ4n) is 2.71. The number of hydrogen-bond donors (Lipinski definition) is 2. The Morgan fingerprint density at radius 3 is 2.75 bits per heavy atom. The van der Waals surface area contributed by atoms with Gasteiger partial charge in [-0.3, -0.25) is 10.1 Å². The summed E-state index contributed by atoms with van der Waals surface area (Å²) < 4.78 is 0. The molecule has 2 aliphatic carbocycles. The molecule has 7 nitrogen and oxygen atoms in total. The zero-order valence-electron chi connectivity index (χ0n) is 10.8. The van der Waals surface area contributed by atoms with Crippen molar-refractivity contribution in [2.24, 2.45) is 11.3 Å². The summed E-state index contributed by atoms with van der Waals surface area (Å²) >= 11 is 0. The summed E-state index contributed by atoms with van der Waals surface area (Å²) in [5.41, 5.74) is -0.456. The lowest BCUT2D eigenvalue weighted by Crippen LogP contribution is -2.18. The van der Waals surface area contributed by atoms with E-state index in [1.54, 1.807) is 0 Å². The largest absolute Gasteiger partial charge is 0.477 e. The molecule has 1 heterocycles. The van der Waals surface area contributed by atoms with Crippen molar-refractivity contribution in [3.05, 3.63) is 27.9 Å². The molecule has 20 heavy (non-hydrogen) atoms. The van der Waals surface area contributed by atoms with Crippen molar-refractivity contribution in [1.82, 2.24) is 4.98 Å². The summed E-state index contributed by atoms with van der Waals surface area (Å²) in [6.45, 7) is 0.765. The molecule has 3 rings (SSSR count). The van der Waals surface area contributed by atoms with Crippen LogP contribution < -0.4 is 5.32 Å². The maximum Gasteiger partial charge on any atom is 0.342 e. The van der Waals surface area contributed by atoms with Crippen LogP contribution in [-0.4, -0.2) is 27.5 Å². The van der Waals surface area contributed by atoms with Crippen molar-refractivity contribution in [2.75, 3.05) is 11.9 Å². The van der Waals surface area contributed by atoms with Crippen LogP contribution in [0.1, 0.15) is 36.0 Å². The van der Waals surface area contributed by atoms with E-state index in [2.05, 4.69) is 10.3 Å². The summed E-state index contributed by atoms with van der Waals surface area (Å²) in [7, 11) is 0. The topological polar surface area (TPSA) is 105 Å². The average molecular weight is 277 g/mol. The van der Waals surface area contributed by atoms with E-state index in [0.29, 0.717) is 11.2 Å². The summed E-state index contributed by atoms with van der Waals surface area (Å²) in [4.78, 5) is 25.0. The Morgan fingerprint density at radius 1 is 1.55 bits per heavy atom. The lowest BCUT2D eigenvalue weighted by Gasteiger charge is -2.15. The molecule has 2 fully saturated rings. The van der Waals surface area contributed by atoms with Crippen LogP contribution in [-0.2, 0) is 0 Å². The summed E-state index contributed by atoms with van der Waals surface area (Å²) in [5.74, 6) is -0.141. The van der Waals surface area contributed by atoms with E-state index in [1.807, 2.05) is 0 Å². The van der Waals surface area contributed by atoms with Gasteiger partial charge in [0.05, 0.1) is 4.92 Å². The van der Waals surface area contributed by atoms with Crippen LogP contribution in [0.15, 0.2) is 12.3 Å².